The molecule has 1 aliphatic rings. The van der Waals surface area contributed by atoms with Gasteiger partial charge in [-0.05, 0) is 36.6 Å². The molecule has 0 saturated heterocycles. The largest absolute Gasteiger partial charge is 0.508 e. The molecule has 12 heavy (non-hydrogen) atoms. The van der Waals surface area contributed by atoms with Crippen LogP contribution in [-0.2, 0) is 5.54 Å². The smallest absolute Gasteiger partial charge is 0.116 e. The highest BCUT2D eigenvalue weighted by Gasteiger charge is 2.41. The van der Waals surface area contributed by atoms with Crippen molar-refractivity contribution in [2.75, 3.05) is 0 Å². The molecule has 0 aliphatic heterocycles. The van der Waals surface area contributed by atoms with Crippen LogP contribution in [0.3, 0.4) is 0 Å². The summed E-state index contributed by atoms with van der Waals surface area (Å²) in [4.78, 5) is 0. The Morgan fingerprint density at radius 1 is 1.42 bits per heavy atom. The molecular weight excluding hydrogens is 174 g/mol. The summed E-state index contributed by atoms with van der Waals surface area (Å²) in [5, 5.41) is 9.86. The van der Waals surface area contributed by atoms with Gasteiger partial charge in [-0.3, -0.25) is 0 Å². The summed E-state index contributed by atoms with van der Waals surface area (Å²) in [6, 6.07) is 4.89. The molecular formula is C9H10ClNO. The van der Waals surface area contributed by atoms with Gasteiger partial charge in [0.05, 0.1) is 0 Å². The molecule has 3 heteroatoms. The first-order valence-electron chi connectivity index (χ1n) is 3.90. The average molecular weight is 184 g/mol. The minimum Gasteiger partial charge on any atom is -0.508 e. The first kappa shape index (κ1) is 7.90. The van der Waals surface area contributed by atoms with Gasteiger partial charge in [0.25, 0.3) is 0 Å². The molecule has 0 aromatic heterocycles. The predicted octanol–water partition coefficient (Wildman–Crippen LogP) is 1.99. The lowest BCUT2D eigenvalue weighted by atomic mass is 10.1. The summed E-state index contributed by atoms with van der Waals surface area (Å²) in [5.74, 6) is 0.228. The average Bonchev–Trinajstić information content (AvgIpc) is 2.75. The van der Waals surface area contributed by atoms with Gasteiger partial charge in [-0.1, -0.05) is 11.6 Å². The van der Waals surface area contributed by atoms with E-state index < -0.39 is 0 Å². The molecule has 64 valence electrons. The number of rotatable bonds is 1. The highest BCUT2D eigenvalue weighted by Crippen LogP contribution is 2.46. The zero-order chi connectivity index (χ0) is 8.77. The van der Waals surface area contributed by atoms with Gasteiger partial charge in [0.2, 0.25) is 0 Å². The molecule has 1 aromatic rings. The maximum atomic E-state index is 9.21. The Hall–Kier alpha value is -0.730. The number of halogens is 1. The molecule has 1 fully saturated rings. The van der Waals surface area contributed by atoms with Gasteiger partial charge in [-0.25, -0.2) is 0 Å². The Labute approximate surface area is 76.0 Å². The number of aromatic hydroxyl groups is 1. The molecule has 3 N–H and O–H groups in total. The minimum absolute atomic E-state index is 0.228. The third kappa shape index (κ3) is 1.17. The molecule has 0 radical (unpaired) electrons. The summed E-state index contributed by atoms with van der Waals surface area (Å²) in [6.45, 7) is 0. The monoisotopic (exact) mass is 183 g/mol. The maximum absolute atomic E-state index is 9.21. The summed E-state index contributed by atoms with van der Waals surface area (Å²) < 4.78 is 0. The van der Waals surface area contributed by atoms with E-state index in [1.54, 1.807) is 18.2 Å². The first-order chi connectivity index (χ1) is 5.62. The van der Waals surface area contributed by atoms with Gasteiger partial charge >= 0.3 is 0 Å². The molecule has 0 heterocycles. The van der Waals surface area contributed by atoms with E-state index in [0.717, 1.165) is 18.4 Å². The van der Waals surface area contributed by atoms with Gasteiger partial charge in [-0.15, -0.1) is 0 Å². The normalized spacial score (nSPS) is 19.2. The number of phenols is 1. The number of hydrogen-bond donors (Lipinski definition) is 2. The van der Waals surface area contributed by atoms with Gasteiger partial charge in [0.1, 0.15) is 5.75 Å². The van der Waals surface area contributed by atoms with Gasteiger partial charge < -0.3 is 10.8 Å². The van der Waals surface area contributed by atoms with Crippen LogP contribution in [0.4, 0.5) is 0 Å². The van der Waals surface area contributed by atoms with Gasteiger partial charge in [0, 0.05) is 10.6 Å². The van der Waals surface area contributed by atoms with Crippen LogP contribution < -0.4 is 5.73 Å². The SMILES string of the molecule is NC1(c2cc(O)ccc2Cl)CC1. The van der Waals surface area contributed by atoms with Gasteiger partial charge in [-0.2, -0.15) is 0 Å². The van der Waals surface area contributed by atoms with E-state index in [-0.39, 0.29) is 11.3 Å². The van der Waals surface area contributed by atoms with Crippen molar-refractivity contribution in [2.45, 2.75) is 18.4 Å². The van der Waals surface area contributed by atoms with Crippen LogP contribution in [0.2, 0.25) is 5.02 Å². The third-order valence-electron chi connectivity index (χ3n) is 2.28. The van der Waals surface area contributed by atoms with E-state index in [1.807, 2.05) is 0 Å². The van der Waals surface area contributed by atoms with E-state index >= 15 is 0 Å². The number of nitrogens with two attached hydrogens (primary N) is 1. The van der Waals surface area contributed by atoms with Crippen LogP contribution in [-0.4, -0.2) is 5.11 Å². The summed E-state index contributed by atoms with van der Waals surface area (Å²) in [5.41, 5.74) is 6.54. The molecule has 2 nitrogen and oxygen atoms in total. The lowest BCUT2D eigenvalue weighted by molar-refractivity contribution is 0.473. The van der Waals surface area contributed by atoms with Crippen LogP contribution in [0, 0.1) is 0 Å². The van der Waals surface area contributed by atoms with E-state index in [2.05, 4.69) is 0 Å². The second-order valence-electron chi connectivity index (χ2n) is 3.32. The predicted molar refractivity (Wildman–Crippen MR) is 48.2 cm³/mol. The maximum Gasteiger partial charge on any atom is 0.116 e. The Balaban J connectivity index is 2.48. The van der Waals surface area contributed by atoms with Crippen LogP contribution in [0.1, 0.15) is 18.4 Å². The molecule has 1 saturated carbocycles. The second kappa shape index (κ2) is 2.38. The van der Waals surface area contributed by atoms with E-state index in [4.69, 9.17) is 17.3 Å². The molecule has 0 spiro atoms. The van der Waals surface area contributed by atoms with Crippen molar-refractivity contribution in [1.29, 1.82) is 0 Å². The highest BCUT2D eigenvalue weighted by atomic mass is 35.5. The van der Waals surface area contributed by atoms with E-state index in [0.29, 0.717) is 5.02 Å². The van der Waals surface area contributed by atoms with Crippen molar-refractivity contribution < 1.29 is 5.11 Å². The Bertz CT molecular complexity index is 320. The van der Waals surface area contributed by atoms with Crippen LogP contribution >= 0.6 is 11.6 Å². The minimum atomic E-state index is -0.268. The zero-order valence-corrected chi connectivity index (χ0v) is 7.30. The van der Waals surface area contributed by atoms with E-state index in [1.165, 1.54) is 0 Å². The fraction of sp³-hybridized carbons (Fsp3) is 0.333. The number of benzene rings is 1. The molecule has 0 unspecified atom stereocenters. The molecule has 1 aromatic carbocycles. The zero-order valence-electron chi connectivity index (χ0n) is 6.55. The molecule has 0 atom stereocenters. The summed E-state index contributed by atoms with van der Waals surface area (Å²) >= 11 is 5.93. The van der Waals surface area contributed by atoms with Crippen LogP contribution in [0.25, 0.3) is 0 Å². The first-order valence-corrected chi connectivity index (χ1v) is 4.27. The second-order valence-corrected chi connectivity index (χ2v) is 3.73. The number of hydrogen-bond acceptors (Lipinski definition) is 2. The van der Waals surface area contributed by atoms with Gasteiger partial charge in [0.15, 0.2) is 0 Å². The Morgan fingerprint density at radius 3 is 2.67 bits per heavy atom. The Kier molecular flexibility index (Phi) is 1.56. The molecule has 0 bridgehead atoms. The molecule has 1 aliphatic carbocycles. The standard InChI is InChI=1S/C9H10ClNO/c10-8-2-1-6(12)5-7(8)9(11)3-4-9/h1-2,5,12H,3-4,11H2. The lowest BCUT2D eigenvalue weighted by Crippen LogP contribution is -2.18. The van der Waals surface area contributed by atoms with Crippen molar-refractivity contribution in [3.63, 3.8) is 0 Å². The van der Waals surface area contributed by atoms with Crippen LogP contribution in [0.5, 0.6) is 5.75 Å². The quantitative estimate of drug-likeness (QED) is 0.700. The molecule has 0 amide bonds. The van der Waals surface area contributed by atoms with Crippen molar-refractivity contribution in [2.24, 2.45) is 5.73 Å². The summed E-state index contributed by atoms with van der Waals surface area (Å²) in [7, 11) is 0. The third-order valence-corrected chi connectivity index (χ3v) is 2.60. The van der Waals surface area contributed by atoms with Crippen LogP contribution in [0.15, 0.2) is 18.2 Å². The highest BCUT2D eigenvalue weighted by molar-refractivity contribution is 6.31. The fourth-order valence-electron chi connectivity index (χ4n) is 1.30. The fourth-order valence-corrected chi connectivity index (χ4v) is 1.60. The van der Waals surface area contributed by atoms with E-state index in [9.17, 15) is 5.11 Å². The van der Waals surface area contributed by atoms with Crippen molar-refractivity contribution in [3.8, 4) is 5.75 Å². The van der Waals surface area contributed by atoms with Crippen molar-refractivity contribution in [1.82, 2.24) is 0 Å². The topological polar surface area (TPSA) is 46.2 Å². The summed E-state index contributed by atoms with van der Waals surface area (Å²) in [6.07, 6.45) is 1.91. The van der Waals surface area contributed by atoms with Crippen molar-refractivity contribution >= 4 is 11.6 Å². The lowest BCUT2D eigenvalue weighted by Gasteiger charge is -2.10. The molecule has 2 rings (SSSR count). The Morgan fingerprint density at radius 2 is 2.08 bits per heavy atom. The van der Waals surface area contributed by atoms with Crippen molar-refractivity contribution in [3.05, 3.63) is 28.8 Å². The number of phenolic OH excluding ortho intramolecular Hbond substituents is 1.